The number of morpholine rings is 1. The van der Waals surface area contributed by atoms with E-state index in [0.29, 0.717) is 116 Å². The van der Waals surface area contributed by atoms with Crippen molar-refractivity contribution in [3.63, 3.8) is 0 Å². The van der Waals surface area contributed by atoms with Crippen molar-refractivity contribution in [2.45, 2.75) is 59.1 Å². The summed E-state index contributed by atoms with van der Waals surface area (Å²) < 4.78 is 129. The predicted molar refractivity (Wildman–Crippen MR) is 415 cm³/mol. The first-order chi connectivity index (χ1) is 50.8. The van der Waals surface area contributed by atoms with Crippen molar-refractivity contribution in [3.8, 4) is 40.0 Å². The number of piperidine rings is 2. The minimum absolute atomic E-state index is 0.0385. The van der Waals surface area contributed by atoms with E-state index in [4.69, 9.17) is 9.47 Å². The van der Waals surface area contributed by atoms with Crippen molar-refractivity contribution in [1.82, 2.24) is 38.4 Å². The van der Waals surface area contributed by atoms with Crippen LogP contribution in [0.1, 0.15) is 39.5 Å². The zero-order valence-electron chi connectivity index (χ0n) is 57.7. The normalized spacial score (nSPS) is 16.4. The zero-order chi connectivity index (χ0) is 74.8. The Morgan fingerprint density at radius 1 is 0.387 bits per heavy atom. The van der Waals surface area contributed by atoms with Crippen LogP contribution in [0.2, 0.25) is 0 Å². The first-order valence-corrected chi connectivity index (χ1v) is 42.9. The van der Waals surface area contributed by atoms with Gasteiger partial charge in [0.2, 0.25) is 40.1 Å². The van der Waals surface area contributed by atoms with Crippen LogP contribution in [0.3, 0.4) is 0 Å². The summed E-state index contributed by atoms with van der Waals surface area (Å²) in [6, 6.07) is 48.4. The largest absolute Gasteiger partial charge is 0.506 e. The Morgan fingerprint density at radius 3 is 1.11 bits per heavy atom. The van der Waals surface area contributed by atoms with Crippen LogP contribution in [0, 0.1) is 11.8 Å². The summed E-state index contributed by atoms with van der Waals surface area (Å²) in [7, 11) is -13.1. The third kappa shape index (κ3) is 15.5. The minimum Gasteiger partial charge on any atom is -0.506 e. The molecule has 3 N–H and O–H groups in total. The second kappa shape index (κ2) is 31.7. The molecule has 0 bridgehead atoms. The molecular formula is C73H75N9O16S8. The molecule has 0 aliphatic carbocycles. The number of aromatic hydroxyl groups is 2. The Kier molecular flexibility index (Phi) is 22.7. The Balaban J connectivity index is 0.000000125. The zero-order valence-corrected chi connectivity index (χ0v) is 64.2. The molecule has 4 aromatic heterocycles. The third-order valence-corrected chi connectivity index (χ3v) is 30.8. The number of nitrogens with one attached hydrogen (secondary N) is 1. The van der Waals surface area contributed by atoms with Gasteiger partial charge in [0.25, 0.3) is 22.2 Å². The highest BCUT2D eigenvalue weighted by Gasteiger charge is 2.33. The standard InChI is InChI=1S/C19H20N2O4S2.C19H20N2O3S2.C18H19N3O4S2.C17H16N2O5S2/c1-13-8-10-20(11-9-13)27(24,25)14-6-7-17(22)16(12-14)21-19(23)15-4-2-3-5-18(15)26-21;1-14-9-11-20(12-10-14)26(23,24)16-6-4-5-15(13-16)21-19(22)17-7-2-3-8-18(17)25-21;1-25-16-7-6-13(27(23,24)20-10-8-19-9-11-20)12-15(16)21-18(22)14-4-2-3-5-17(14)26-21;20-15-6-5-12(26(22,23)18-7-9-24-10-8-18)11-14(15)19-17(21)13-3-1-2-4-16(13)25-19/h2-7,12-13,22H,8-11H2,1H3;2-8,13-14H,9-12H2,1H3;2-7,12,19H,8-11H2,1H3;1-6,11,20H,7-10H2. The molecule has 4 aliphatic heterocycles. The maximum atomic E-state index is 13.0. The second-order valence-corrected chi connectivity index (χ2v) is 37.4. The monoisotopic (exact) mass is 1590 g/mol. The fourth-order valence-corrected chi connectivity index (χ4v) is 22.6. The average Bonchev–Trinajstić information content (AvgIpc) is 1.47. The SMILES string of the molecule is CC1CCN(S(=O)(=O)c2ccc(O)c(-n3sc4ccccc4c3=O)c2)CC1.CC1CCN(S(=O)(=O)c2cccc(-n3sc4ccccc4c3=O)c2)CC1.COc1ccc(S(=O)(=O)N2CCNCC2)cc1-n1sc2ccccc2c1=O.O=c1c2ccccc2sn1-c1cc(S(=O)(=O)N2CCOCC2)ccc1O. The van der Waals surface area contributed by atoms with Gasteiger partial charge in [-0.25, -0.2) is 49.5 Å². The van der Waals surface area contributed by atoms with Gasteiger partial charge in [-0.1, -0.05) is 115 Å². The van der Waals surface area contributed by atoms with E-state index in [2.05, 4.69) is 19.2 Å². The number of sulfonamides is 4. The number of hydrogen-bond acceptors (Lipinski definition) is 21. The lowest BCUT2D eigenvalue weighted by Gasteiger charge is -2.29. The molecule has 556 valence electrons. The molecule has 0 unspecified atom stereocenters. The fourth-order valence-electron chi connectivity index (χ4n) is 12.7. The number of phenolic OH excluding ortho intramolecular Hbond substituents is 2. The Bertz CT molecular complexity index is 5980. The van der Waals surface area contributed by atoms with Gasteiger partial charge in [0.1, 0.15) is 34.3 Å². The topological polar surface area (TPSA) is 308 Å². The molecule has 4 fully saturated rings. The van der Waals surface area contributed by atoms with E-state index in [1.54, 1.807) is 75.0 Å². The van der Waals surface area contributed by atoms with Crippen molar-refractivity contribution in [2.24, 2.45) is 11.8 Å². The summed E-state index contributed by atoms with van der Waals surface area (Å²) in [4.78, 5) is 51.3. The predicted octanol–water partition coefficient (Wildman–Crippen LogP) is 10.1. The maximum absolute atomic E-state index is 13.0. The van der Waals surface area contributed by atoms with Crippen molar-refractivity contribution in [3.05, 3.63) is 217 Å². The molecular weight excluding hydrogens is 1520 g/mol. The number of fused-ring (bicyclic) bond motifs is 4. The summed E-state index contributed by atoms with van der Waals surface area (Å²) in [5, 5.41) is 26.0. The lowest BCUT2D eigenvalue weighted by atomic mass is 10.0. The Morgan fingerprint density at radius 2 is 0.717 bits per heavy atom. The smallest absolute Gasteiger partial charge is 0.273 e. The van der Waals surface area contributed by atoms with E-state index in [1.165, 1.54) is 115 Å². The first-order valence-electron chi connectivity index (χ1n) is 34.0. The first kappa shape index (κ1) is 75.7. The van der Waals surface area contributed by atoms with Crippen molar-refractivity contribution in [1.29, 1.82) is 0 Å². The quantitative estimate of drug-likeness (QED) is 0.0966. The van der Waals surface area contributed by atoms with Crippen molar-refractivity contribution in [2.75, 3.05) is 85.8 Å². The van der Waals surface area contributed by atoms with Crippen LogP contribution in [0.4, 0.5) is 0 Å². The van der Waals surface area contributed by atoms with Gasteiger partial charge < -0.3 is 25.0 Å². The number of piperazine rings is 1. The third-order valence-electron chi connectivity index (χ3n) is 18.8. The summed E-state index contributed by atoms with van der Waals surface area (Å²) >= 11 is 4.94. The van der Waals surface area contributed by atoms with E-state index in [9.17, 15) is 63.1 Å². The molecule has 8 aromatic carbocycles. The van der Waals surface area contributed by atoms with Crippen LogP contribution in [0.5, 0.6) is 17.2 Å². The number of rotatable bonds is 13. The number of phenols is 2. The molecule has 0 atom stereocenters. The molecule has 0 saturated carbocycles. The molecule has 0 spiro atoms. The number of nitrogens with zero attached hydrogens (tertiary/aromatic N) is 8. The molecule has 0 amide bonds. The number of methoxy groups -OCH3 is 1. The second-order valence-electron chi connectivity index (χ2n) is 25.7. The molecule has 12 aromatic rings. The average molecular weight is 1590 g/mol. The lowest BCUT2D eigenvalue weighted by molar-refractivity contribution is 0.0730. The summed E-state index contributed by atoms with van der Waals surface area (Å²) in [6.45, 7) is 9.70. The van der Waals surface area contributed by atoms with Gasteiger partial charge in [-0.2, -0.15) is 17.2 Å². The van der Waals surface area contributed by atoms with Crippen LogP contribution in [-0.2, 0) is 44.8 Å². The van der Waals surface area contributed by atoms with Gasteiger partial charge in [-0.3, -0.25) is 19.2 Å². The minimum atomic E-state index is -3.72. The van der Waals surface area contributed by atoms with E-state index < -0.39 is 40.1 Å². The van der Waals surface area contributed by atoms with Gasteiger partial charge in [0.15, 0.2) is 0 Å². The van der Waals surface area contributed by atoms with Crippen LogP contribution in [0.25, 0.3) is 63.1 Å². The number of ether oxygens (including phenoxy) is 2. The number of benzene rings is 8. The molecule has 4 saturated heterocycles. The van der Waals surface area contributed by atoms with Crippen molar-refractivity contribution < 1.29 is 53.4 Å². The van der Waals surface area contributed by atoms with Gasteiger partial charge in [-0.15, -0.1) is 0 Å². The Labute approximate surface area is 627 Å². The summed E-state index contributed by atoms with van der Waals surface area (Å²) in [5.74, 6) is 1.24. The van der Waals surface area contributed by atoms with Crippen LogP contribution >= 0.6 is 46.1 Å². The van der Waals surface area contributed by atoms with Crippen LogP contribution in [0.15, 0.2) is 215 Å². The van der Waals surface area contributed by atoms with Crippen LogP contribution < -0.4 is 32.3 Å². The van der Waals surface area contributed by atoms with E-state index in [0.717, 1.165) is 56.0 Å². The molecule has 0 radical (unpaired) electrons. The lowest BCUT2D eigenvalue weighted by Crippen LogP contribution is -2.46. The van der Waals surface area contributed by atoms with E-state index in [-0.39, 0.29) is 77.8 Å². The van der Waals surface area contributed by atoms with E-state index in [1.807, 2.05) is 60.7 Å². The highest BCUT2D eigenvalue weighted by atomic mass is 32.2. The maximum Gasteiger partial charge on any atom is 0.273 e. The highest BCUT2D eigenvalue weighted by molar-refractivity contribution is 7.90. The summed E-state index contributed by atoms with van der Waals surface area (Å²) in [6.07, 6.45) is 3.43. The fraction of sp³-hybridized carbons (Fsp3) is 0.288. The van der Waals surface area contributed by atoms with Crippen molar-refractivity contribution >= 4 is 127 Å². The molecule has 8 heterocycles. The molecule has 106 heavy (non-hydrogen) atoms. The van der Waals surface area contributed by atoms with Gasteiger partial charge in [-0.05, 0) is 159 Å². The number of aromatic nitrogens is 4. The highest BCUT2D eigenvalue weighted by Crippen LogP contribution is 2.35. The van der Waals surface area contributed by atoms with E-state index >= 15 is 0 Å². The molecule has 33 heteroatoms. The summed E-state index contributed by atoms with van der Waals surface area (Å²) in [5.41, 5.74) is 0.493. The van der Waals surface area contributed by atoms with Gasteiger partial charge in [0.05, 0.1) is 85.9 Å². The van der Waals surface area contributed by atoms with Gasteiger partial charge in [0, 0.05) is 65.4 Å². The number of hydrogen-bond donors (Lipinski definition) is 3. The molecule has 25 nitrogen and oxygen atoms in total. The Hall–Kier alpha value is -8.52. The molecule has 16 rings (SSSR count). The van der Waals surface area contributed by atoms with Crippen LogP contribution in [-0.4, -0.2) is 163 Å². The molecule has 4 aliphatic rings. The van der Waals surface area contributed by atoms with Gasteiger partial charge >= 0.3 is 0 Å².